The van der Waals surface area contributed by atoms with Crippen molar-refractivity contribution in [1.82, 2.24) is 5.32 Å². The highest BCUT2D eigenvalue weighted by atomic mass is 14.9. The fourth-order valence-corrected chi connectivity index (χ4v) is 3.42. The molecule has 1 N–H and O–H groups in total. The fraction of sp³-hybridized carbons (Fsp3) is 0.333. The Kier molecular flexibility index (Phi) is 1.69. The van der Waals surface area contributed by atoms with Gasteiger partial charge in [-0.15, -0.1) is 0 Å². The van der Waals surface area contributed by atoms with Gasteiger partial charge in [0, 0.05) is 13.1 Å². The van der Waals surface area contributed by atoms with Crippen LogP contribution in [0.1, 0.15) is 29.0 Å². The van der Waals surface area contributed by atoms with Gasteiger partial charge in [-0.1, -0.05) is 30.3 Å². The summed E-state index contributed by atoms with van der Waals surface area (Å²) >= 11 is 0. The van der Waals surface area contributed by atoms with Crippen LogP contribution in [0.4, 0.5) is 0 Å². The largest absolute Gasteiger partial charge is 0.312 e. The van der Waals surface area contributed by atoms with Gasteiger partial charge in [0.2, 0.25) is 0 Å². The van der Waals surface area contributed by atoms with Gasteiger partial charge < -0.3 is 5.32 Å². The van der Waals surface area contributed by atoms with Crippen molar-refractivity contribution in [3.8, 4) is 0 Å². The summed E-state index contributed by atoms with van der Waals surface area (Å²) in [5.74, 6) is 0.752. The van der Waals surface area contributed by atoms with Crippen molar-refractivity contribution in [2.75, 3.05) is 6.54 Å². The first-order valence-electron chi connectivity index (χ1n) is 6.17. The van der Waals surface area contributed by atoms with E-state index in [1.54, 1.807) is 16.5 Å². The molecule has 16 heavy (non-hydrogen) atoms. The zero-order valence-corrected chi connectivity index (χ0v) is 9.29. The van der Waals surface area contributed by atoms with Crippen LogP contribution in [0.15, 0.2) is 30.3 Å². The van der Waals surface area contributed by atoms with E-state index in [9.17, 15) is 0 Å². The summed E-state index contributed by atoms with van der Waals surface area (Å²) in [5, 5.41) is 6.54. The molecular weight excluding hydrogens is 194 g/mol. The summed E-state index contributed by atoms with van der Waals surface area (Å²) in [7, 11) is 0. The lowest BCUT2D eigenvalue weighted by atomic mass is 9.77. The van der Waals surface area contributed by atoms with Gasteiger partial charge >= 0.3 is 0 Å². The smallest absolute Gasteiger partial charge is 0.0208 e. The van der Waals surface area contributed by atoms with Crippen LogP contribution in [-0.2, 0) is 13.0 Å². The Balaban J connectivity index is 2.17. The van der Waals surface area contributed by atoms with E-state index in [-0.39, 0.29) is 0 Å². The predicted octanol–water partition coefficient (Wildman–Crippen LogP) is 2.97. The predicted molar refractivity (Wildman–Crippen MR) is 66.7 cm³/mol. The molecule has 0 saturated heterocycles. The maximum atomic E-state index is 3.54. The first-order valence-corrected chi connectivity index (χ1v) is 6.17. The zero-order chi connectivity index (χ0) is 10.5. The number of benzene rings is 2. The molecule has 1 heteroatoms. The monoisotopic (exact) mass is 209 g/mol. The van der Waals surface area contributed by atoms with Crippen molar-refractivity contribution in [2.24, 2.45) is 0 Å². The van der Waals surface area contributed by atoms with Gasteiger partial charge in [0.1, 0.15) is 0 Å². The first kappa shape index (κ1) is 8.77. The Morgan fingerprint density at radius 1 is 1.06 bits per heavy atom. The molecule has 80 valence electrons. The lowest BCUT2D eigenvalue weighted by Crippen LogP contribution is -2.30. The third-order valence-electron chi connectivity index (χ3n) is 4.14. The topological polar surface area (TPSA) is 12.0 Å². The van der Waals surface area contributed by atoms with Crippen LogP contribution in [0.5, 0.6) is 0 Å². The Hall–Kier alpha value is -1.34. The minimum absolute atomic E-state index is 0.752. The normalized spacial score (nSPS) is 22.4. The molecule has 1 heterocycles. The second-order valence-electron chi connectivity index (χ2n) is 5.02. The van der Waals surface area contributed by atoms with Crippen LogP contribution in [0.25, 0.3) is 10.8 Å². The SMILES string of the molecule is c1cc2c3c4c(ccc3c1)CNCC4CC2. The second kappa shape index (κ2) is 3.08. The molecule has 1 aliphatic heterocycles. The van der Waals surface area contributed by atoms with Crippen LogP contribution >= 0.6 is 0 Å². The van der Waals surface area contributed by atoms with Gasteiger partial charge in [0.05, 0.1) is 0 Å². The van der Waals surface area contributed by atoms with Crippen molar-refractivity contribution in [3.63, 3.8) is 0 Å². The molecule has 0 spiro atoms. The summed E-state index contributed by atoms with van der Waals surface area (Å²) < 4.78 is 0. The molecule has 4 rings (SSSR count). The fourth-order valence-electron chi connectivity index (χ4n) is 3.42. The Morgan fingerprint density at radius 3 is 3.06 bits per heavy atom. The first-order chi connectivity index (χ1) is 7.93. The maximum absolute atomic E-state index is 3.54. The highest BCUT2D eigenvalue weighted by Crippen LogP contribution is 2.40. The van der Waals surface area contributed by atoms with Crippen LogP contribution in [-0.4, -0.2) is 6.54 Å². The molecule has 1 nitrogen and oxygen atoms in total. The second-order valence-corrected chi connectivity index (χ2v) is 5.02. The third kappa shape index (κ3) is 1.04. The lowest BCUT2D eigenvalue weighted by Gasteiger charge is -2.32. The molecular formula is C15H15N. The van der Waals surface area contributed by atoms with E-state index in [0.717, 1.165) is 12.5 Å². The summed E-state index contributed by atoms with van der Waals surface area (Å²) in [4.78, 5) is 0. The van der Waals surface area contributed by atoms with Gasteiger partial charge in [-0.3, -0.25) is 0 Å². The third-order valence-corrected chi connectivity index (χ3v) is 4.14. The summed E-state index contributed by atoms with van der Waals surface area (Å²) in [6.07, 6.45) is 2.57. The van der Waals surface area contributed by atoms with Crippen molar-refractivity contribution in [3.05, 3.63) is 47.0 Å². The molecule has 0 aromatic heterocycles. The highest BCUT2D eigenvalue weighted by molar-refractivity contribution is 5.91. The summed E-state index contributed by atoms with van der Waals surface area (Å²) in [6, 6.07) is 11.4. The molecule has 1 unspecified atom stereocenters. The summed E-state index contributed by atoms with van der Waals surface area (Å²) in [6.45, 7) is 2.22. The van der Waals surface area contributed by atoms with Gasteiger partial charge in [-0.05, 0) is 46.2 Å². The minimum atomic E-state index is 0.752. The number of nitrogens with one attached hydrogen (secondary N) is 1. The molecule has 2 aromatic carbocycles. The van der Waals surface area contributed by atoms with Gasteiger partial charge in [0.25, 0.3) is 0 Å². The number of hydrogen-bond acceptors (Lipinski definition) is 1. The zero-order valence-electron chi connectivity index (χ0n) is 9.29. The van der Waals surface area contributed by atoms with Gasteiger partial charge in [0.15, 0.2) is 0 Å². The van der Waals surface area contributed by atoms with Gasteiger partial charge in [-0.2, -0.15) is 0 Å². The Bertz CT molecular complexity index is 571. The van der Waals surface area contributed by atoms with Crippen molar-refractivity contribution >= 4 is 10.8 Å². The van der Waals surface area contributed by atoms with Crippen LogP contribution in [0.2, 0.25) is 0 Å². The van der Waals surface area contributed by atoms with Crippen LogP contribution in [0, 0.1) is 0 Å². The lowest BCUT2D eigenvalue weighted by molar-refractivity contribution is 0.510. The minimum Gasteiger partial charge on any atom is -0.312 e. The van der Waals surface area contributed by atoms with E-state index in [4.69, 9.17) is 0 Å². The number of aryl methyl sites for hydroxylation is 1. The molecule has 0 saturated carbocycles. The Labute approximate surface area is 95.5 Å². The van der Waals surface area contributed by atoms with E-state index in [1.165, 1.54) is 30.3 Å². The van der Waals surface area contributed by atoms with Crippen LogP contribution < -0.4 is 5.32 Å². The molecule has 2 aromatic rings. The van der Waals surface area contributed by atoms with Crippen molar-refractivity contribution in [2.45, 2.75) is 25.3 Å². The molecule has 0 fully saturated rings. The average molecular weight is 209 g/mol. The van der Waals surface area contributed by atoms with E-state index in [1.807, 2.05) is 0 Å². The van der Waals surface area contributed by atoms with Crippen molar-refractivity contribution in [1.29, 1.82) is 0 Å². The van der Waals surface area contributed by atoms with Crippen LogP contribution in [0.3, 0.4) is 0 Å². The van der Waals surface area contributed by atoms with E-state index < -0.39 is 0 Å². The van der Waals surface area contributed by atoms with E-state index >= 15 is 0 Å². The maximum Gasteiger partial charge on any atom is 0.0208 e. The average Bonchev–Trinajstić information content (AvgIpc) is 2.36. The molecule has 0 radical (unpaired) electrons. The molecule has 1 atom stereocenters. The number of rotatable bonds is 0. The standard InChI is InChI=1S/C15H15N/c1-2-10-4-6-12-8-16-9-13-7-5-11(3-1)14(10)15(12)13/h1-4,6,13,16H,5,7-9H2. The quantitative estimate of drug-likeness (QED) is 0.703. The van der Waals surface area contributed by atoms with Crippen molar-refractivity contribution < 1.29 is 0 Å². The molecule has 1 aliphatic carbocycles. The molecule has 0 amide bonds. The van der Waals surface area contributed by atoms with Gasteiger partial charge in [-0.25, -0.2) is 0 Å². The molecule has 0 bridgehead atoms. The number of hydrogen-bond donors (Lipinski definition) is 1. The molecule has 2 aliphatic rings. The summed E-state index contributed by atoms with van der Waals surface area (Å²) in [5.41, 5.74) is 4.74. The van der Waals surface area contributed by atoms with E-state index in [0.29, 0.717) is 0 Å². The van der Waals surface area contributed by atoms with E-state index in [2.05, 4.69) is 35.6 Å². The Morgan fingerprint density at radius 2 is 2.06 bits per heavy atom. The highest BCUT2D eigenvalue weighted by Gasteiger charge is 2.26.